The number of rotatable bonds is 1. The van der Waals surface area contributed by atoms with Gasteiger partial charge in [0.15, 0.2) is 11.5 Å². The molecule has 0 atom stereocenters. The third-order valence-electron chi connectivity index (χ3n) is 4.76. The molecule has 0 amide bonds. The van der Waals surface area contributed by atoms with E-state index in [9.17, 15) is 5.11 Å². The molecule has 1 aromatic carbocycles. The van der Waals surface area contributed by atoms with Crippen LogP contribution in [0.25, 0.3) is 0 Å². The van der Waals surface area contributed by atoms with Gasteiger partial charge in [0.05, 0.1) is 11.2 Å². The smallest absolute Gasteiger partial charge is 0.495 e. The number of benzene rings is 1. The molecule has 0 saturated carbocycles. The lowest BCUT2D eigenvalue weighted by molar-refractivity contribution is 0.00578. The highest BCUT2D eigenvalue weighted by atomic mass is 16.7. The molecule has 0 aromatic heterocycles. The summed E-state index contributed by atoms with van der Waals surface area (Å²) in [6, 6.07) is 3.53. The average Bonchev–Trinajstić information content (AvgIpc) is 2.73. The van der Waals surface area contributed by atoms with Crippen molar-refractivity contribution in [2.45, 2.75) is 64.8 Å². The third kappa shape index (κ3) is 2.23. The second kappa shape index (κ2) is 4.17. The zero-order valence-electron chi connectivity index (χ0n) is 13.6. The van der Waals surface area contributed by atoms with Crippen molar-refractivity contribution in [1.29, 1.82) is 0 Å². The van der Waals surface area contributed by atoms with E-state index in [1.165, 1.54) is 0 Å². The largest absolute Gasteiger partial charge is 0.504 e. The summed E-state index contributed by atoms with van der Waals surface area (Å²) in [5, 5.41) is 10.0. The van der Waals surface area contributed by atoms with Gasteiger partial charge in [-0.05, 0) is 53.1 Å². The van der Waals surface area contributed by atoms with E-state index in [1.54, 1.807) is 6.07 Å². The van der Waals surface area contributed by atoms with Crippen molar-refractivity contribution >= 4 is 12.6 Å². The maximum absolute atomic E-state index is 10.0. The van der Waals surface area contributed by atoms with Crippen LogP contribution in [0.3, 0.4) is 0 Å². The summed E-state index contributed by atoms with van der Waals surface area (Å²) in [5.41, 5.74) is 0.861. The minimum Gasteiger partial charge on any atom is -0.504 e. The fraction of sp³-hybridized carbons (Fsp3) is 0.625. The third-order valence-corrected chi connectivity index (χ3v) is 4.76. The maximum Gasteiger partial charge on any atom is 0.495 e. The first-order valence-electron chi connectivity index (χ1n) is 7.42. The first-order chi connectivity index (χ1) is 9.52. The molecular formula is C16H23BO4. The van der Waals surface area contributed by atoms with Crippen LogP contribution in [0.1, 0.15) is 47.1 Å². The molecule has 0 unspecified atom stereocenters. The van der Waals surface area contributed by atoms with Gasteiger partial charge in [0, 0.05) is 12.0 Å². The molecule has 4 nitrogen and oxygen atoms in total. The molecule has 21 heavy (non-hydrogen) atoms. The lowest BCUT2D eigenvalue weighted by Gasteiger charge is -2.32. The zero-order valence-corrected chi connectivity index (χ0v) is 13.6. The Balaban J connectivity index is 2.02. The standard InChI is InChI=1S/C16H23BO4/c1-14(2)9-10-11(7-8-12(18)13(10)19-14)17-20-15(3,4)16(5,6)21-17/h7-8,18H,9H2,1-6H3. The quantitative estimate of drug-likeness (QED) is 0.807. The molecule has 0 bridgehead atoms. The molecule has 1 saturated heterocycles. The first kappa shape index (κ1) is 14.7. The molecule has 2 aliphatic rings. The SMILES string of the molecule is CC1(C)Cc2c(B3OC(C)(C)C(C)(C)O3)ccc(O)c2O1. The summed E-state index contributed by atoms with van der Waals surface area (Å²) in [7, 11) is -0.429. The number of fused-ring (bicyclic) bond motifs is 1. The fourth-order valence-electron chi connectivity index (χ4n) is 2.86. The summed E-state index contributed by atoms with van der Waals surface area (Å²) in [6.07, 6.45) is 0.732. The van der Waals surface area contributed by atoms with E-state index in [1.807, 2.05) is 47.6 Å². The number of hydrogen-bond donors (Lipinski definition) is 1. The second-order valence-corrected chi connectivity index (χ2v) is 7.61. The van der Waals surface area contributed by atoms with E-state index >= 15 is 0 Å². The average molecular weight is 290 g/mol. The first-order valence-corrected chi connectivity index (χ1v) is 7.42. The molecule has 114 valence electrons. The van der Waals surface area contributed by atoms with Gasteiger partial charge in [-0.2, -0.15) is 0 Å². The van der Waals surface area contributed by atoms with Crippen molar-refractivity contribution in [1.82, 2.24) is 0 Å². The topological polar surface area (TPSA) is 47.9 Å². The van der Waals surface area contributed by atoms with Gasteiger partial charge in [0.1, 0.15) is 5.60 Å². The molecule has 2 heterocycles. The Bertz CT molecular complexity index is 576. The van der Waals surface area contributed by atoms with Crippen LogP contribution in [-0.4, -0.2) is 29.0 Å². The van der Waals surface area contributed by atoms with Gasteiger partial charge in [-0.25, -0.2) is 0 Å². The Morgan fingerprint density at radius 1 is 1.00 bits per heavy atom. The van der Waals surface area contributed by atoms with Crippen LogP contribution in [-0.2, 0) is 15.7 Å². The molecule has 1 aromatic rings. The summed E-state index contributed by atoms with van der Waals surface area (Å²) in [5.74, 6) is 0.739. The Labute approximate surface area is 126 Å². The molecule has 2 aliphatic heterocycles. The highest BCUT2D eigenvalue weighted by Crippen LogP contribution is 2.42. The van der Waals surface area contributed by atoms with Crippen molar-refractivity contribution in [3.8, 4) is 11.5 Å². The van der Waals surface area contributed by atoms with Gasteiger partial charge < -0.3 is 19.2 Å². The van der Waals surface area contributed by atoms with Crippen molar-refractivity contribution in [3.05, 3.63) is 17.7 Å². The Hall–Kier alpha value is -1.20. The predicted molar refractivity (Wildman–Crippen MR) is 82.2 cm³/mol. The molecule has 5 heteroatoms. The lowest BCUT2D eigenvalue weighted by atomic mass is 9.74. The molecule has 3 rings (SSSR count). The molecule has 0 radical (unpaired) electrons. The Morgan fingerprint density at radius 3 is 2.14 bits per heavy atom. The Morgan fingerprint density at radius 2 is 1.57 bits per heavy atom. The van der Waals surface area contributed by atoms with Gasteiger partial charge >= 0.3 is 7.12 Å². The highest BCUT2D eigenvalue weighted by molar-refractivity contribution is 6.62. The van der Waals surface area contributed by atoms with E-state index in [0.29, 0.717) is 5.75 Å². The molecular weight excluding hydrogens is 267 g/mol. The van der Waals surface area contributed by atoms with Crippen LogP contribution in [0.2, 0.25) is 0 Å². The van der Waals surface area contributed by atoms with Crippen LogP contribution in [0.5, 0.6) is 11.5 Å². The molecule has 1 N–H and O–H groups in total. The van der Waals surface area contributed by atoms with E-state index in [2.05, 4.69) is 0 Å². The summed E-state index contributed by atoms with van der Waals surface area (Å²) >= 11 is 0. The van der Waals surface area contributed by atoms with E-state index in [4.69, 9.17) is 14.0 Å². The van der Waals surface area contributed by atoms with E-state index < -0.39 is 7.12 Å². The van der Waals surface area contributed by atoms with E-state index in [0.717, 1.165) is 17.4 Å². The van der Waals surface area contributed by atoms with Crippen LogP contribution < -0.4 is 10.2 Å². The summed E-state index contributed by atoms with van der Waals surface area (Å²) in [6.45, 7) is 12.2. The van der Waals surface area contributed by atoms with Crippen molar-refractivity contribution in [2.24, 2.45) is 0 Å². The van der Waals surface area contributed by atoms with Crippen LogP contribution >= 0.6 is 0 Å². The molecule has 1 fully saturated rings. The number of aromatic hydroxyl groups is 1. The minimum atomic E-state index is -0.429. The summed E-state index contributed by atoms with van der Waals surface area (Å²) in [4.78, 5) is 0. The maximum atomic E-state index is 10.0. The second-order valence-electron chi connectivity index (χ2n) is 7.61. The predicted octanol–water partition coefficient (Wildman–Crippen LogP) is 2.40. The van der Waals surface area contributed by atoms with Crippen molar-refractivity contribution in [2.75, 3.05) is 0 Å². The highest BCUT2D eigenvalue weighted by Gasteiger charge is 2.53. The van der Waals surface area contributed by atoms with Crippen LogP contribution in [0, 0.1) is 0 Å². The van der Waals surface area contributed by atoms with Gasteiger partial charge in [-0.15, -0.1) is 0 Å². The number of phenolic OH excluding ortho intramolecular Hbond substituents is 1. The zero-order chi connectivity index (χ0) is 15.6. The van der Waals surface area contributed by atoms with Gasteiger partial charge in [0.2, 0.25) is 0 Å². The monoisotopic (exact) mass is 290 g/mol. The lowest BCUT2D eigenvalue weighted by Crippen LogP contribution is -2.41. The minimum absolute atomic E-state index is 0.177. The number of phenols is 1. The molecule has 0 spiro atoms. The normalized spacial score (nSPS) is 24.8. The van der Waals surface area contributed by atoms with Gasteiger partial charge in [-0.1, -0.05) is 6.07 Å². The van der Waals surface area contributed by atoms with Crippen LogP contribution in [0.4, 0.5) is 0 Å². The van der Waals surface area contributed by atoms with Crippen LogP contribution in [0.15, 0.2) is 12.1 Å². The van der Waals surface area contributed by atoms with Gasteiger partial charge in [-0.3, -0.25) is 0 Å². The number of hydrogen-bond acceptors (Lipinski definition) is 4. The number of ether oxygens (including phenoxy) is 1. The van der Waals surface area contributed by atoms with Gasteiger partial charge in [0.25, 0.3) is 0 Å². The van der Waals surface area contributed by atoms with Crippen molar-refractivity contribution in [3.63, 3.8) is 0 Å². The molecule has 0 aliphatic carbocycles. The Kier molecular flexibility index (Phi) is 2.93. The summed E-state index contributed by atoms with van der Waals surface area (Å²) < 4.78 is 18.1. The fourth-order valence-corrected chi connectivity index (χ4v) is 2.86. The van der Waals surface area contributed by atoms with Crippen molar-refractivity contribution < 1.29 is 19.2 Å². The van der Waals surface area contributed by atoms with E-state index in [-0.39, 0.29) is 22.6 Å².